The van der Waals surface area contributed by atoms with Crippen LogP contribution in [0.4, 0.5) is 18.0 Å². The smallest absolute Gasteiger partial charge is 0.420 e. The Hall–Kier alpha value is -3.56. The van der Waals surface area contributed by atoms with E-state index in [4.69, 9.17) is 4.74 Å². The second-order valence-corrected chi connectivity index (χ2v) is 8.25. The minimum atomic E-state index is -5.21. The second kappa shape index (κ2) is 9.36. The van der Waals surface area contributed by atoms with Gasteiger partial charge in [0.25, 0.3) is 5.91 Å². The van der Waals surface area contributed by atoms with E-state index < -0.39 is 35.7 Å². The second-order valence-electron chi connectivity index (χ2n) is 8.25. The lowest BCUT2D eigenvalue weighted by Crippen LogP contribution is -2.67. The van der Waals surface area contributed by atoms with Crippen molar-refractivity contribution in [3.63, 3.8) is 0 Å². The molecule has 3 rings (SSSR count). The van der Waals surface area contributed by atoms with Gasteiger partial charge >= 0.3 is 18.2 Å². The molecule has 182 valence electrons. The normalized spacial score (nSPS) is 15.5. The van der Waals surface area contributed by atoms with Gasteiger partial charge in [-0.15, -0.1) is 0 Å². The monoisotopic (exact) mass is 478 g/mol. The van der Waals surface area contributed by atoms with Gasteiger partial charge in [0.05, 0.1) is 0 Å². The summed E-state index contributed by atoms with van der Waals surface area (Å²) in [5.74, 6) is -3.45. The van der Waals surface area contributed by atoms with Gasteiger partial charge in [0, 0.05) is 13.0 Å². The van der Waals surface area contributed by atoms with Crippen molar-refractivity contribution >= 4 is 18.0 Å². The molecule has 1 aliphatic carbocycles. The number of nitrogens with zero attached hydrogens (tertiary/aromatic N) is 1. The summed E-state index contributed by atoms with van der Waals surface area (Å²) in [4.78, 5) is 37.0. The van der Waals surface area contributed by atoms with Crippen molar-refractivity contribution in [2.75, 3.05) is 13.7 Å². The average molecular weight is 478 g/mol. The van der Waals surface area contributed by atoms with E-state index in [0.29, 0.717) is 11.8 Å². The molecule has 0 bridgehead atoms. The molecule has 2 atom stereocenters. The number of aliphatic carboxylic acids is 1. The Morgan fingerprint density at radius 1 is 1.06 bits per heavy atom. The quantitative estimate of drug-likeness (QED) is 0.623. The summed E-state index contributed by atoms with van der Waals surface area (Å²) >= 11 is 0. The highest BCUT2D eigenvalue weighted by molar-refractivity contribution is 5.93. The molecule has 2 aromatic rings. The van der Waals surface area contributed by atoms with E-state index in [1.165, 1.54) is 6.92 Å². The number of hydrogen-bond acceptors (Lipinski definition) is 4. The van der Waals surface area contributed by atoms with Crippen molar-refractivity contribution in [3.8, 4) is 11.1 Å². The van der Waals surface area contributed by atoms with Gasteiger partial charge in [0.2, 0.25) is 5.54 Å². The third kappa shape index (κ3) is 4.44. The Labute approximate surface area is 194 Å². The maximum atomic E-state index is 13.9. The van der Waals surface area contributed by atoms with Crippen LogP contribution >= 0.6 is 0 Å². The summed E-state index contributed by atoms with van der Waals surface area (Å²) in [6, 6.07) is 13.4. The Kier molecular flexibility index (Phi) is 6.90. The van der Waals surface area contributed by atoms with E-state index in [-0.39, 0.29) is 18.9 Å². The molecule has 0 fully saturated rings. The molecule has 2 unspecified atom stereocenters. The number of likely N-dealkylation sites (N-methyl/N-ethyl adjacent to an activating group) is 1. The van der Waals surface area contributed by atoms with E-state index in [9.17, 15) is 32.7 Å². The zero-order valence-electron chi connectivity index (χ0n) is 18.8. The molecule has 0 saturated heterocycles. The van der Waals surface area contributed by atoms with Gasteiger partial charge in [-0.2, -0.15) is 13.2 Å². The first kappa shape index (κ1) is 25.1. The van der Waals surface area contributed by atoms with Crippen LogP contribution in [0.2, 0.25) is 0 Å². The number of carbonyl (C=O) groups is 3. The third-order valence-electron chi connectivity index (χ3n) is 6.15. The molecule has 1 aliphatic rings. The number of carboxylic acids is 1. The lowest BCUT2D eigenvalue weighted by Gasteiger charge is -2.36. The van der Waals surface area contributed by atoms with Crippen LogP contribution in [-0.4, -0.2) is 59.4 Å². The summed E-state index contributed by atoms with van der Waals surface area (Å²) < 4.78 is 46.9. The SMILES string of the molecule is CCC(C(=O)O)N(C)C(=O)C(C)(NC(=O)OCC1c2ccccc2-c2ccccc21)C(F)(F)F. The van der Waals surface area contributed by atoms with E-state index >= 15 is 0 Å². The van der Waals surface area contributed by atoms with Gasteiger partial charge in [0.15, 0.2) is 0 Å². The molecule has 2 amide bonds. The molecule has 34 heavy (non-hydrogen) atoms. The van der Waals surface area contributed by atoms with Crippen LogP contribution in [0.25, 0.3) is 11.1 Å². The van der Waals surface area contributed by atoms with Crippen molar-refractivity contribution in [2.45, 2.75) is 43.9 Å². The predicted octanol–water partition coefficient (Wildman–Crippen LogP) is 4.17. The molecular formula is C24H25F3N2O5. The summed E-state index contributed by atoms with van der Waals surface area (Å²) in [7, 11) is 0.952. The highest BCUT2D eigenvalue weighted by Crippen LogP contribution is 2.44. The molecule has 0 spiro atoms. The Bertz CT molecular complexity index is 1060. The zero-order valence-corrected chi connectivity index (χ0v) is 18.8. The molecule has 0 heterocycles. The lowest BCUT2D eigenvalue weighted by atomic mass is 9.98. The number of carbonyl (C=O) groups excluding carboxylic acids is 2. The topological polar surface area (TPSA) is 95.9 Å². The van der Waals surface area contributed by atoms with Gasteiger partial charge in [-0.1, -0.05) is 55.5 Å². The summed E-state index contributed by atoms with van der Waals surface area (Å²) in [6.45, 7) is 1.67. The molecule has 0 radical (unpaired) electrons. The van der Waals surface area contributed by atoms with Gasteiger partial charge in [-0.05, 0) is 35.6 Å². The number of benzene rings is 2. The maximum Gasteiger partial charge on any atom is 0.420 e. The number of amides is 2. The molecule has 2 N–H and O–H groups in total. The number of fused-ring (bicyclic) bond motifs is 3. The number of alkyl halides is 3. The van der Waals surface area contributed by atoms with E-state index in [0.717, 1.165) is 29.3 Å². The first-order valence-corrected chi connectivity index (χ1v) is 10.6. The Morgan fingerprint density at radius 3 is 2.00 bits per heavy atom. The van der Waals surface area contributed by atoms with Gasteiger partial charge in [0.1, 0.15) is 12.6 Å². The highest BCUT2D eigenvalue weighted by Gasteiger charge is 2.60. The van der Waals surface area contributed by atoms with Crippen LogP contribution in [0.5, 0.6) is 0 Å². The fraction of sp³-hybridized carbons (Fsp3) is 0.375. The number of rotatable bonds is 7. The molecule has 0 aliphatic heterocycles. The Balaban J connectivity index is 1.79. The van der Waals surface area contributed by atoms with E-state index in [1.54, 1.807) is 5.32 Å². The van der Waals surface area contributed by atoms with E-state index in [1.807, 2.05) is 48.5 Å². The summed E-state index contributed by atoms with van der Waals surface area (Å²) in [6.07, 6.45) is -6.76. The van der Waals surface area contributed by atoms with Gasteiger partial charge < -0.3 is 14.7 Å². The third-order valence-corrected chi connectivity index (χ3v) is 6.15. The van der Waals surface area contributed by atoms with Gasteiger partial charge in [-0.25, -0.2) is 9.59 Å². The molecular weight excluding hydrogens is 453 g/mol. The number of hydrogen-bond donors (Lipinski definition) is 2. The number of nitrogens with one attached hydrogen (secondary N) is 1. The van der Waals surface area contributed by atoms with Crippen LogP contribution in [0.15, 0.2) is 48.5 Å². The summed E-state index contributed by atoms with van der Waals surface area (Å²) in [5, 5.41) is 10.9. The first-order valence-electron chi connectivity index (χ1n) is 10.6. The first-order chi connectivity index (χ1) is 15.9. The maximum absolute atomic E-state index is 13.9. The van der Waals surface area contributed by atoms with Crippen molar-refractivity contribution < 1.29 is 37.4 Å². The van der Waals surface area contributed by atoms with Crippen LogP contribution in [-0.2, 0) is 14.3 Å². The molecule has 0 aromatic heterocycles. The summed E-state index contributed by atoms with van der Waals surface area (Å²) in [5.41, 5.74) is 0.260. The number of carboxylic acid groups (broad SMARTS) is 1. The molecule has 10 heteroatoms. The van der Waals surface area contributed by atoms with Crippen molar-refractivity contribution in [1.82, 2.24) is 10.2 Å². The van der Waals surface area contributed by atoms with Crippen molar-refractivity contribution in [1.29, 1.82) is 0 Å². The number of alkyl carbamates (subject to hydrolysis) is 1. The molecule has 2 aromatic carbocycles. The minimum absolute atomic E-state index is 0.115. The zero-order chi connectivity index (χ0) is 25.3. The predicted molar refractivity (Wildman–Crippen MR) is 117 cm³/mol. The van der Waals surface area contributed by atoms with Crippen LogP contribution < -0.4 is 5.32 Å². The van der Waals surface area contributed by atoms with Gasteiger partial charge in [-0.3, -0.25) is 10.1 Å². The molecule has 7 nitrogen and oxygen atoms in total. The lowest BCUT2D eigenvalue weighted by molar-refractivity contribution is -0.201. The Morgan fingerprint density at radius 2 is 1.56 bits per heavy atom. The largest absolute Gasteiger partial charge is 0.480 e. The molecule has 0 saturated carbocycles. The van der Waals surface area contributed by atoms with Crippen LogP contribution in [0.1, 0.15) is 37.3 Å². The van der Waals surface area contributed by atoms with Crippen LogP contribution in [0.3, 0.4) is 0 Å². The minimum Gasteiger partial charge on any atom is -0.480 e. The van der Waals surface area contributed by atoms with Crippen LogP contribution in [0, 0.1) is 0 Å². The average Bonchev–Trinajstić information content (AvgIpc) is 3.10. The fourth-order valence-corrected chi connectivity index (χ4v) is 4.19. The van der Waals surface area contributed by atoms with E-state index in [2.05, 4.69) is 0 Å². The standard InChI is InChI=1S/C24H25F3N2O5/c1-4-19(20(30)31)29(3)21(32)23(2,24(25,26)27)28-22(33)34-13-18-16-11-7-5-9-14(16)15-10-6-8-12-17(15)18/h5-12,18-19H,4,13H2,1-3H3,(H,28,33)(H,30,31). The number of ether oxygens (including phenoxy) is 1. The highest BCUT2D eigenvalue weighted by atomic mass is 19.4. The number of halogens is 3. The fourth-order valence-electron chi connectivity index (χ4n) is 4.19. The van der Waals surface area contributed by atoms with Crippen molar-refractivity contribution in [3.05, 3.63) is 59.7 Å². The van der Waals surface area contributed by atoms with Crippen molar-refractivity contribution in [2.24, 2.45) is 0 Å².